The standard InChI is InChI=1S/C19H21N5O3/c1-13-11-15(22-26-13)16-6-4-10-24(16)18(25)8-2-7-17-21-19(23-27-17)14-5-3-9-20-12-14/h3,5,9,11-12,16H,2,4,6-8,10H2,1H3/t16-/m0/s1. The molecule has 3 aromatic heterocycles. The van der Waals surface area contributed by atoms with Gasteiger partial charge in [0.05, 0.1) is 6.04 Å². The van der Waals surface area contributed by atoms with Crippen molar-refractivity contribution in [1.29, 1.82) is 0 Å². The first-order valence-corrected chi connectivity index (χ1v) is 9.16. The second kappa shape index (κ2) is 7.69. The third-order valence-corrected chi connectivity index (χ3v) is 4.73. The Bertz CT molecular complexity index is 905. The lowest BCUT2D eigenvalue weighted by Gasteiger charge is -2.22. The number of nitrogens with zero attached hydrogens (tertiary/aromatic N) is 5. The molecule has 4 rings (SSSR count). The van der Waals surface area contributed by atoms with Crippen molar-refractivity contribution in [2.24, 2.45) is 0 Å². The summed E-state index contributed by atoms with van der Waals surface area (Å²) in [5.74, 6) is 1.95. The van der Waals surface area contributed by atoms with E-state index in [4.69, 9.17) is 9.05 Å². The summed E-state index contributed by atoms with van der Waals surface area (Å²) in [6.07, 6.45) is 6.97. The van der Waals surface area contributed by atoms with Crippen LogP contribution in [0.25, 0.3) is 11.4 Å². The molecule has 1 amide bonds. The fourth-order valence-electron chi connectivity index (χ4n) is 3.42. The predicted molar refractivity (Wildman–Crippen MR) is 95.4 cm³/mol. The van der Waals surface area contributed by atoms with E-state index in [2.05, 4.69) is 20.3 Å². The highest BCUT2D eigenvalue weighted by Crippen LogP contribution is 2.32. The Morgan fingerprint density at radius 1 is 1.33 bits per heavy atom. The summed E-state index contributed by atoms with van der Waals surface area (Å²) in [7, 11) is 0. The maximum absolute atomic E-state index is 12.6. The molecule has 1 saturated heterocycles. The quantitative estimate of drug-likeness (QED) is 0.660. The highest BCUT2D eigenvalue weighted by molar-refractivity contribution is 5.77. The van der Waals surface area contributed by atoms with Crippen LogP contribution < -0.4 is 0 Å². The minimum Gasteiger partial charge on any atom is -0.361 e. The molecule has 0 spiro atoms. The molecule has 8 nitrogen and oxygen atoms in total. The van der Waals surface area contributed by atoms with Crippen molar-refractivity contribution in [2.75, 3.05) is 6.54 Å². The number of pyridine rings is 1. The van der Waals surface area contributed by atoms with Gasteiger partial charge in [0.15, 0.2) is 0 Å². The smallest absolute Gasteiger partial charge is 0.226 e. The molecule has 0 saturated carbocycles. The molecule has 8 heteroatoms. The molecule has 1 atom stereocenters. The molecular weight excluding hydrogens is 346 g/mol. The van der Waals surface area contributed by atoms with Gasteiger partial charge in [0.2, 0.25) is 17.6 Å². The maximum atomic E-state index is 12.6. The molecule has 1 fully saturated rings. The van der Waals surface area contributed by atoms with Crippen molar-refractivity contribution >= 4 is 5.91 Å². The second-order valence-corrected chi connectivity index (χ2v) is 6.71. The zero-order valence-electron chi connectivity index (χ0n) is 15.2. The summed E-state index contributed by atoms with van der Waals surface area (Å²) in [4.78, 5) is 23.0. The molecule has 0 radical (unpaired) electrons. The van der Waals surface area contributed by atoms with Gasteiger partial charge in [-0.3, -0.25) is 9.78 Å². The fraction of sp³-hybridized carbons (Fsp3) is 0.421. The number of aromatic nitrogens is 4. The minimum atomic E-state index is 0.0236. The van der Waals surface area contributed by atoms with Crippen LogP contribution in [0.3, 0.4) is 0 Å². The summed E-state index contributed by atoms with van der Waals surface area (Å²) in [6, 6.07) is 5.64. The molecule has 0 N–H and O–H groups in total. The van der Waals surface area contributed by atoms with Gasteiger partial charge in [-0.1, -0.05) is 10.3 Å². The molecule has 140 valence electrons. The first-order valence-electron chi connectivity index (χ1n) is 9.16. The van der Waals surface area contributed by atoms with Crippen LogP contribution in [0.2, 0.25) is 0 Å². The highest BCUT2D eigenvalue weighted by atomic mass is 16.5. The predicted octanol–water partition coefficient (Wildman–Crippen LogP) is 3.11. The molecule has 0 aliphatic carbocycles. The molecule has 3 aromatic rings. The Hall–Kier alpha value is -3.03. The van der Waals surface area contributed by atoms with Crippen LogP contribution in [0.5, 0.6) is 0 Å². The molecule has 1 aliphatic rings. The highest BCUT2D eigenvalue weighted by Gasteiger charge is 2.31. The van der Waals surface area contributed by atoms with Gasteiger partial charge in [-0.15, -0.1) is 0 Å². The second-order valence-electron chi connectivity index (χ2n) is 6.71. The van der Waals surface area contributed by atoms with Gasteiger partial charge in [-0.05, 0) is 38.3 Å². The van der Waals surface area contributed by atoms with Crippen molar-refractivity contribution in [3.05, 3.63) is 47.9 Å². The zero-order chi connectivity index (χ0) is 18.6. The summed E-state index contributed by atoms with van der Waals surface area (Å²) in [5, 5.41) is 8.06. The molecule has 0 aromatic carbocycles. The normalized spacial score (nSPS) is 16.8. The van der Waals surface area contributed by atoms with E-state index >= 15 is 0 Å². The van der Waals surface area contributed by atoms with Gasteiger partial charge < -0.3 is 13.9 Å². The molecule has 27 heavy (non-hydrogen) atoms. The average Bonchev–Trinajstić information content (AvgIpc) is 3.42. The Balaban J connectivity index is 1.31. The largest absolute Gasteiger partial charge is 0.361 e. The molecule has 0 unspecified atom stereocenters. The van der Waals surface area contributed by atoms with Gasteiger partial charge >= 0.3 is 0 Å². The number of hydrogen-bond donors (Lipinski definition) is 0. The van der Waals surface area contributed by atoms with Crippen LogP contribution >= 0.6 is 0 Å². The minimum absolute atomic E-state index is 0.0236. The zero-order valence-corrected chi connectivity index (χ0v) is 15.2. The lowest BCUT2D eigenvalue weighted by molar-refractivity contribution is -0.132. The van der Waals surface area contributed by atoms with Crippen molar-refractivity contribution in [3.63, 3.8) is 0 Å². The number of rotatable bonds is 6. The summed E-state index contributed by atoms with van der Waals surface area (Å²) in [5.41, 5.74) is 1.66. The van der Waals surface area contributed by atoms with E-state index in [1.165, 1.54) is 0 Å². The Kier molecular flexibility index (Phi) is 4.95. The topological polar surface area (TPSA) is 98.2 Å². The lowest BCUT2D eigenvalue weighted by Crippen LogP contribution is -2.30. The van der Waals surface area contributed by atoms with E-state index in [-0.39, 0.29) is 11.9 Å². The van der Waals surface area contributed by atoms with Crippen LogP contribution in [-0.2, 0) is 11.2 Å². The van der Waals surface area contributed by atoms with Gasteiger partial charge in [0.1, 0.15) is 11.5 Å². The number of amides is 1. The number of likely N-dealkylation sites (tertiary alicyclic amines) is 1. The van der Waals surface area contributed by atoms with E-state index in [1.807, 2.05) is 30.0 Å². The van der Waals surface area contributed by atoms with Crippen molar-refractivity contribution in [1.82, 2.24) is 25.2 Å². The van der Waals surface area contributed by atoms with E-state index in [1.54, 1.807) is 12.4 Å². The number of hydrogen-bond acceptors (Lipinski definition) is 7. The van der Waals surface area contributed by atoms with E-state index in [0.29, 0.717) is 31.0 Å². The molecule has 0 bridgehead atoms. The number of carbonyl (C=O) groups excluding carboxylic acids is 1. The average molecular weight is 367 g/mol. The van der Waals surface area contributed by atoms with E-state index in [0.717, 1.165) is 36.4 Å². The van der Waals surface area contributed by atoms with Gasteiger partial charge in [0, 0.05) is 43.4 Å². The monoisotopic (exact) mass is 367 g/mol. The lowest BCUT2D eigenvalue weighted by atomic mass is 10.1. The SMILES string of the molecule is Cc1cc([C@@H]2CCCN2C(=O)CCCc2nc(-c3cccnc3)no2)no1. The third kappa shape index (κ3) is 3.89. The van der Waals surface area contributed by atoms with Crippen LogP contribution in [-0.4, -0.2) is 37.6 Å². The van der Waals surface area contributed by atoms with Crippen molar-refractivity contribution in [2.45, 2.75) is 45.1 Å². The Morgan fingerprint density at radius 2 is 2.26 bits per heavy atom. The van der Waals surface area contributed by atoms with Crippen LogP contribution in [0.1, 0.15) is 49.1 Å². The van der Waals surface area contributed by atoms with E-state index < -0.39 is 0 Å². The number of carbonyl (C=O) groups is 1. The van der Waals surface area contributed by atoms with E-state index in [9.17, 15) is 4.79 Å². The van der Waals surface area contributed by atoms with Crippen molar-refractivity contribution < 1.29 is 13.8 Å². The van der Waals surface area contributed by atoms with Crippen LogP contribution in [0, 0.1) is 6.92 Å². The third-order valence-electron chi connectivity index (χ3n) is 4.73. The first-order chi connectivity index (χ1) is 13.2. The Morgan fingerprint density at radius 3 is 3.04 bits per heavy atom. The maximum Gasteiger partial charge on any atom is 0.226 e. The van der Waals surface area contributed by atoms with Gasteiger partial charge in [0.25, 0.3) is 0 Å². The molecular formula is C19H21N5O3. The van der Waals surface area contributed by atoms with Crippen LogP contribution in [0.4, 0.5) is 0 Å². The summed E-state index contributed by atoms with van der Waals surface area (Å²) in [6.45, 7) is 2.63. The van der Waals surface area contributed by atoms with Gasteiger partial charge in [-0.25, -0.2) is 0 Å². The summed E-state index contributed by atoms with van der Waals surface area (Å²) >= 11 is 0. The first kappa shape index (κ1) is 17.4. The van der Waals surface area contributed by atoms with Crippen molar-refractivity contribution in [3.8, 4) is 11.4 Å². The van der Waals surface area contributed by atoms with Crippen LogP contribution in [0.15, 0.2) is 39.6 Å². The molecule has 4 heterocycles. The Labute approximate surface area is 156 Å². The molecule has 1 aliphatic heterocycles. The van der Waals surface area contributed by atoms with Gasteiger partial charge in [-0.2, -0.15) is 4.98 Å². The summed E-state index contributed by atoms with van der Waals surface area (Å²) < 4.78 is 10.4. The fourth-order valence-corrected chi connectivity index (χ4v) is 3.42. The number of aryl methyl sites for hydroxylation is 2.